The van der Waals surface area contributed by atoms with E-state index in [-0.39, 0.29) is 18.0 Å². The van der Waals surface area contributed by atoms with Crippen molar-refractivity contribution < 1.29 is 14.0 Å². The standard InChI is InChI=1S/C19H20FN3O2/c20-13-6-4-9-15(12-13)23-17(16-10-5-11-22(16)19(23)25)18(24)21-14-7-2-1-3-8-14/h4-6,9-12,14,17H,1-3,7-8H2,(H,21,24). The third kappa shape index (κ3) is 2.81. The fourth-order valence-electron chi connectivity index (χ4n) is 3.81. The Morgan fingerprint density at radius 3 is 2.68 bits per heavy atom. The monoisotopic (exact) mass is 341 g/mol. The molecule has 0 radical (unpaired) electrons. The lowest BCUT2D eigenvalue weighted by Crippen LogP contribution is -2.44. The van der Waals surface area contributed by atoms with Crippen molar-refractivity contribution in [1.29, 1.82) is 0 Å². The SMILES string of the molecule is O=C(NC1CCCCC1)C1c2cccn2C(=O)N1c1cccc(F)c1. The van der Waals surface area contributed by atoms with Crippen molar-refractivity contribution in [1.82, 2.24) is 9.88 Å². The number of anilines is 1. The molecule has 1 N–H and O–H groups in total. The van der Waals surface area contributed by atoms with Crippen LogP contribution in [0.25, 0.3) is 0 Å². The van der Waals surface area contributed by atoms with E-state index >= 15 is 0 Å². The average Bonchev–Trinajstić information content (AvgIpc) is 3.18. The van der Waals surface area contributed by atoms with Gasteiger partial charge in [0, 0.05) is 17.9 Å². The third-order valence-corrected chi connectivity index (χ3v) is 5.02. The highest BCUT2D eigenvalue weighted by Crippen LogP contribution is 2.35. The number of carbonyl (C=O) groups is 2. The lowest BCUT2D eigenvalue weighted by molar-refractivity contribution is -0.123. The Morgan fingerprint density at radius 2 is 1.92 bits per heavy atom. The van der Waals surface area contributed by atoms with E-state index in [2.05, 4.69) is 5.32 Å². The molecule has 4 rings (SSSR count). The van der Waals surface area contributed by atoms with Crippen LogP contribution < -0.4 is 10.2 Å². The van der Waals surface area contributed by atoms with E-state index in [4.69, 9.17) is 0 Å². The first-order valence-electron chi connectivity index (χ1n) is 8.72. The number of nitrogens with one attached hydrogen (secondary N) is 1. The average molecular weight is 341 g/mol. The van der Waals surface area contributed by atoms with Gasteiger partial charge in [-0.2, -0.15) is 0 Å². The molecule has 5 nitrogen and oxygen atoms in total. The number of halogens is 1. The van der Waals surface area contributed by atoms with Crippen LogP contribution in [0.5, 0.6) is 0 Å². The first kappa shape index (κ1) is 15.9. The van der Waals surface area contributed by atoms with Crippen LogP contribution in [-0.4, -0.2) is 22.5 Å². The second-order valence-electron chi connectivity index (χ2n) is 6.68. The fraction of sp³-hybridized carbons (Fsp3) is 0.368. The van der Waals surface area contributed by atoms with Gasteiger partial charge < -0.3 is 5.32 Å². The van der Waals surface area contributed by atoms with Gasteiger partial charge in [0.05, 0.1) is 5.69 Å². The predicted molar refractivity (Wildman–Crippen MR) is 91.9 cm³/mol. The van der Waals surface area contributed by atoms with E-state index in [0.717, 1.165) is 25.7 Å². The van der Waals surface area contributed by atoms with Gasteiger partial charge in [0.2, 0.25) is 5.91 Å². The van der Waals surface area contributed by atoms with Crippen LogP contribution in [0.4, 0.5) is 14.9 Å². The number of hydrogen-bond acceptors (Lipinski definition) is 2. The second-order valence-corrected chi connectivity index (χ2v) is 6.68. The molecule has 6 heteroatoms. The van der Waals surface area contributed by atoms with Crippen LogP contribution in [0.15, 0.2) is 42.6 Å². The summed E-state index contributed by atoms with van der Waals surface area (Å²) in [6.07, 6.45) is 6.99. The summed E-state index contributed by atoms with van der Waals surface area (Å²) < 4.78 is 15.1. The number of benzene rings is 1. The van der Waals surface area contributed by atoms with Crippen molar-refractivity contribution >= 4 is 17.6 Å². The molecule has 2 amide bonds. The summed E-state index contributed by atoms with van der Waals surface area (Å²) in [6.45, 7) is 0. The Bertz CT molecular complexity index is 811. The predicted octanol–water partition coefficient (Wildman–Crippen LogP) is 3.61. The molecule has 2 aromatic rings. The fourth-order valence-corrected chi connectivity index (χ4v) is 3.81. The van der Waals surface area contributed by atoms with E-state index in [9.17, 15) is 14.0 Å². The Balaban J connectivity index is 1.66. The molecule has 25 heavy (non-hydrogen) atoms. The minimum Gasteiger partial charge on any atom is -0.351 e. The molecular weight excluding hydrogens is 321 g/mol. The number of nitrogens with zero attached hydrogens (tertiary/aromatic N) is 2. The number of carbonyl (C=O) groups excluding carboxylic acids is 2. The first-order valence-corrected chi connectivity index (χ1v) is 8.72. The molecule has 1 aromatic carbocycles. The maximum absolute atomic E-state index is 13.7. The number of aromatic nitrogens is 1. The third-order valence-electron chi connectivity index (χ3n) is 5.02. The van der Waals surface area contributed by atoms with E-state index in [1.54, 1.807) is 30.5 Å². The van der Waals surface area contributed by atoms with Crippen LogP contribution in [0.3, 0.4) is 0 Å². The van der Waals surface area contributed by atoms with Crippen molar-refractivity contribution in [3.63, 3.8) is 0 Å². The number of fused-ring (bicyclic) bond motifs is 1. The topological polar surface area (TPSA) is 54.3 Å². The highest BCUT2D eigenvalue weighted by Gasteiger charge is 2.42. The number of hydrogen-bond donors (Lipinski definition) is 1. The second kappa shape index (κ2) is 6.35. The van der Waals surface area contributed by atoms with Crippen LogP contribution >= 0.6 is 0 Å². The molecule has 1 saturated carbocycles. The van der Waals surface area contributed by atoms with Crippen molar-refractivity contribution in [2.45, 2.75) is 44.2 Å². The Hall–Kier alpha value is -2.63. The summed E-state index contributed by atoms with van der Waals surface area (Å²) in [4.78, 5) is 27.1. The van der Waals surface area contributed by atoms with Gasteiger partial charge in [-0.1, -0.05) is 25.3 Å². The first-order chi connectivity index (χ1) is 12.1. The van der Waals surface area contributed by atoms with Crippen molar-refractivity contribution in [3.8, 4) is 0 Å². The summed E-state index contributed by atoms with van der Waals surface area (Å²) >= 11 is 0. The van der Waals surface area contributed by atoms with Crippen LogP contribution in [0, 0.1) is 5.82 Å². The lowest BCUT2D eigenvalue weighted by atomic mass is 9.95. The molecule has 1 aromatic heterocycles. The molecular formula is C19H20FN3O2. The van der Waals surface area contributed by atoms with Crippen molar-refractivity contribution in [2.75, 3.05) is 4.90 Å². The number of rotatable bonds is 3. The summed E-state index contributed by atoms with van der Waals surface area (Å²) in [5.41, 5.74) is 1.00. The maximum Gasteiger partial charge on any atom is 0.333 e. The van der Waals surface area contributed by atoms with Gasteiger partial charge in [0.15, 0.2) is 6.04 Å². The Morgan fingerprint density at radius 1 is 1.12 bits per heavy atom. The van der Waals surface area contributed by atoms with Gasteiger partial charge in [-0.05, 0) is 43.2 Å². The summed E-state index contributed by atoms with van der Waals surface area (Å²) in [7, 11) is 0. The summed E-state index contributed by atoms with van der Waals surface area (Å²) in [5.74, 6) is -0.643. The van der Waals surface area contributed by atoms with Gasteiger partial charge in [0.25, 0.3) is 0 Å². The van der Waals surface area contributed by atoms with Gasteiger partial charge >= 0.3 is 6.03 Å². The smallest absolute Gasteiger partial charge is 0.333 e. The van der Waals surface area contributed by atoms with Crippen LogP contribution in [0.2, 0.25) is 0 Å². The van der Waals surface area contributed by atoms with Crippen LogP contribution in [0.1, 0.15) is 43.8 Å². The minimum atomic E-state index is -0.772. The molecule has 0 saturated heterocycles. The van der Waals surface area contributed by atoms with Gasteiger partial charge in [0.1, 0.15) is 5.82 Å². The largest absolute Gasteiger partial charge is 0.351 e. The van der Waals surface area contributed by atoms with Crippen LogP contribution in [-0.2, 0) is 4.79 Å². The molecule has 2 aliphatic rings. The molecule has 1 aliphatic carbocycles. The number of amides is 2. The molecule has 0 spiro atoms. The molecule has 1 aliphatic heterocycles. The van der Waals surface area contributed by atoms with E-state index in [1.807, 2.05) is 0 Å². The Kier molecular flexibility index (Phi) is 4.03. The highest BCUT2D eigenvalue weighted by atomic mass is 19.1. The van der Waals surface area contributed by atoms with Gasteiger partial charge in [-0.15, -0.1) is 0 Å². The molecule has 1 fully saturated rings. The lowest BCUT2D eigenvalue weighted by Gasteiger charge is -2.28. The maximum atomic E-state index is 13.7. The van der Waals surface area contributed by atoms with E-state index < -0.39 is 11.9 Å². The molecule has 130 valence electrons. The minimum absolute atomic E-state index is 0.148. The summed E-state index contributed by atoms with van der Waals surface area (Å²) in [5, 5.41) is 3.09. The van der Waals surface area contributed by atoms with Gasteiger partial charge in [-0.25, -0.2) is 9.18 Å². The molecule has 1 unspecified atom stereocenters. The summed E-state index contributed by atoms with van der Waals surface area (Å²) in [6, 6.07) is 8.34. The zero-order valence-corrected chi connectivity index (χ0v) is 13.8. The highest BCUT2D eigenvalue weighted by molar-refractivity contribution is 6.05. The zero-order chi connectivity index (χ0) is 17.4. The molecule has 0 bridgehead atoms. The Labute approximate surface area is 145 Å². The quantitative estimate of drug-likeness (QED) is 0.927. The van der Waals surface area contributed by atoms with Crippen molar-refractivity contribution in [3.05, 3.63) is 54.1 Å². The molecule has 1 atom stereocenters. The zero-order valence-electron chi connectivity index (χ0n) is 13.8. The van der Waals surface area contributed by atoms with Gasteiger partial charge in [-0.3, -0.25) is 14.3 Å². The molecule has 2 heterocycles. The van der Waals surface area contributed by atoms with E-state index in [1.165, 1.54) is 28.0 Å². The normalized spacial score (nSPS) is 20.6. The van der Waals surface area contributed by atoms with E-state index in [0.29, 0.717) is 11.4 Å². The van der Waals surface area contributed by atoms with Crippen molar-refractivity contribution in [2.24, 2.45) is 0 Å².